The molecule has 2 unspecified atom stereocenters. The number of aliphatic hydroxyl groups excluding tert-OH is 1. The minimum atomic E-state index is -3.20. The third-order valence-electron chi connectivity index (χ3n) is 2.99. The highest BCUT2D eigenvalue weighted by atomic mass is 32.2. The lowest BCUT2D eigenvalue weighted by Gasteiger charge is -2.18. The Kier molecular flexibility index (Phi) is 3.64. The Bertz CT molecular complexity index is 621. The van der Waals surface area contributed by atoms with Crippen LogP contribution in [0.4, 0.5) is 5.69 Å². The Balaban J connectivity index is 2.23. The molecule has 102 valence electrons. The minimum absolute atomic E-state index is 0.114. The number of ether oxygens (including phenoxy) is 1. The van der Waals surface area contributed by atoms with Crippen molar-refractivity contribution in [1.29, 1.82) is 5.26 Å². The maximum atomic E-state index is 11.4. The fraction of sp³-hybridized carbons (Fsp3) is 0.417. The molecule has 0 aromatic heterocycles. The topological polar surface area (TPSA) is 99.4 Å². The van der Waals surface area contributed by atoms with Crippen LogP contribution >= 0.6 is 0 Å². The van der Waals surface area contributed by atoms with E-state index < -0.39 is 22.0 Å². The van der Waals surface area contributed by atoms with Crippen molar-refractivity contribution < 1.29 is 18.3 Å². The summed E-state index contributed by atoms with van der Waals surface area (Å²) >= 11 is 0. The Morgan fingerprint density at radius 3 is 2.74 bits per heavy atom. The molecule has 0 radical (unpaired) electrons. The third-order valence-corrected chi connectivity index (χ3v) is 4.71. The number of benzene rings is 1. The van der Waals surface area contributed by atoms with Gasteiger partial charge in [-0.1, -0.05) is 0 Å². The second-order valence-corrected chi connectivity index (χ2v) is 6.58. The predicted molar refractivity (Wildman–Crippen MR) is 69.8 cm³/mol. The number of nitrogens with zero attached hydrogens (tertiary/aromatic N) is 1. The van der Waals surface area contributed by atoms with Crippen molar-refractivity contribution in [1.82, 2.24) is 0 Å². The maximum absolute atomic E-state index is 11.4. The molecule has 0 spiro atoms. The van der Waals surface area contributed by atoms with Crippen LogP contribution in [0.15, 0.2) is 18.2 Å². The second-order valence-electron chi connectivity index (χ2n) is 4.42. The van der Waals surface area contributed by atoms with Crippen LogP contribution in [0, 0.1) is 11.3 Å². The van der Waals surface area contributed by atoms with E-state index in [1.807, 2.05) is 6.07 Å². The molecule has 2 N–H and O–H groups in total. The number of nitrogens with one attached hydrogen (secondary N) is 1. The molecule has 1 aromatic carbocycles. The van der Waals surface area contributed by atoms with E-state index in [1.165, 1.54) is 7.11 Å². The van der Waals surface area contributed by atoms with Gasteiger partial charge in [0.2, 0.25) is 0 Å². The van der Waals surface area contributed by atoms with Gasteiger partial charge in [-0.05, 0) is 12.1 Å². The van der Waals surface area contributed by atoms with Crippen LogP contribution in [-0.4, -0.2) is 44.3 Å². The van der Waals surface area contributed by atoms with Crippen LogP contribution in [0.3, 0.4) is 0 Å². The van der Waals surface area contributed by atoms with E-state index in [4.69, 9.17) is 10.00 Å². The first-order chi connectivity index (χ1) is 8.95. The summed E-state index contributed by atoms with van der Waals surface area (Å²) in [5.74, 6) is 0.0937. The number of hydrogen-bond donors (Lipinski definition) is 2. The van der Waals surface area contributed by atoms with Crippen LogP contribution in [0.2, 0.25) is 0 Å². The fourth-order valence-corrected chi connectivity index (χ4v) is 3.79. The van der Waals surface area contributed by atoms with Gasteiger partial charge in [0.1, 0.15) is 5.75 Å². The van der Waals surface area contributed by atoms with E-state index in [0.717, 1.165) is 0 Å². The number of rotatable bonds is 3. The van der Waals surface area contributed by atoms with Crippen molar-refractivity contribution in [2.45, 2.75) is 12.1 Å². The Hall–Kier alpha value is -1.78. The Labute approximate surface area is 111 Å². The lowest BCUT2D eigenvalue weighted by atomic mass is 10.1. The highest BCUT2D eigenvalue weighted by Crippen LogP contribution is 2.28. The van der Waals surface area contributed by atoms with Gasteiger partial charge >= 0.3 is 0 Å². The summed E-state index contributed by atoms with van der Waals surface area (Å²) in [6.45, 7) is 0. The SMILES string of the molecule is COc1cc(C#N)ccc1NC1CS(=O)(=O)CC1O. The summed E-state index contributed by atoms with van der Waals surface area (Å²) in [6.07, 6.45) is -0.939. The zero-order valence-corrected chi connectivity index (χ0v) is 11.1. The van der Waals surface area contributed by atoms with Crippen LogP contribution in [0.25, 0.3) is 0 Å². The summed E-state index contributed by atoms with van der Waals surface area (Å²) < 4.78 is 28.0. The molecule has 2 rings (SSSR count). The number of sulfone groups is 1. The Morgan fingerprint density at radius 1 is 1.47 bits per heavy atom. The van der Waals surface area contributed by atoms with Gasteiger partial charge in [0.25, 0.3) is 0 Å². The van der Waals surface area contributed by atoms with E-state index in [0.29, 0.717) is 17.0 Å². The number of methoxy groups -OCH3 is 1. The molecule has 1 aliphatic heterocycles. The van der Waals surface area contributed by atoms with Crippen LogP contribution < -0.4 is 10.1 Å². The molecule has 19 heavy (non-hydrogen) atoms. The normalized spacial score (nSPS) is 24.7. The molecule has 1 saturated heterocycles. The second kappa shape index (κ2) is 5.07. The molecule has 2 atom stereocenters. The molecule has 1 aliphatic rings. The first-order valence-electron chi connectivity index (χ1n) is 5.68. The molecule has 1 aromatic rings. The zero-order valence-electron chi connectivity index (χ0n) is 10.3. The first kappa shape index (κ1) is 13.6. The highest BCUT2D eigenvalue weighted by Gasteiger charge is 2.36. The summed E-state index contributed by atoms with van der Waals surface area (Å²) in [7, 11) is -1.74. The summed E-state index contributed by atoms with van der Waals surface area (Å²) in [4.78, 5) is 0. The lowest BCUT2D eigenvalue weighted by Crippen LogP contribution is -2.32. The van der Waals surface area contributed by atoms with Crippen molar-refractivity contribution in [3.63, 3.8) is 0 Å². The molecule has 0 aliphatic carbocycles. The third kappa shape index (κ3) is 2.97. The van der Waals surface area contributed by atoms with Crippen molar-refractivity contribution in [2.24, 2.45) is 0 Å². The minimum Gasteiger partial charge on any atom is -0.495 e. The van der Waals surface area contributed by atoms with Crippen molar-refractivity contribution >= 4 is 15.5 Å². The van der Waals surface area contributed by atoms with E-state index >= 15 is 0 Å². The van der Waals surface area contributed by atoms with Crippen LogP contribution in [-0.2, 0) is 9.84 Å². The summed E-state index contributed by atoms with van der Waals surface area (Å²) in [5, 5.41) is 21.5. The maximum Gasteiger partial charge on any atom is 0.155 e. The van der Waals surface area contributed by atoms with E-state index in [9.17, 15) is 13.5 Å². The predicted octanol–water partition coefficient (Wildman–Crippen LogP) is 0.137. The monoisotopic (exact) mass is 282 g/mol. The molecule has 0 saturated carbocycles. The number of hydrogen-bond acceptors (Lipinski definition) is 6. The highest BCUT2D eigenvalue weighted by molar-refractivity contribution is 7.91. The number of anilines is 1. The number of aliphatic hydroxyl groups is 1. The molecule has 7 heteroatoms. The van der Waals surface area contributed by atoms with Gasteiger partial charge < -0.3 is 15.2 Å². The molecule has 1 heterocycles. The van der Waals surface area contributed by atoms with Gasteiger partial charge in [0.15, 0.2) is 9.84 Å². The quantitative estimate of drug-likeness (QED) is 0.818. The van der Waals surface area contributed by atoms with Gasteiger partial charge in [-0.25, -0.2) is 8.42 Å². The van der Waals surface area contributed by atoms with Gasteiger partial charge in [0.05, 0.1) is 48.1 Å². The van der Waals surface area contributed by atoms with Gasteiger partial charge in [-0.2, -0.15) is 5.26 Å². The largest absolute Gasteiger partial charge is 0.495 e. The van der Waals surface area contributed by atoms with Crippen LogP contribution in [0.5, 0.6) is 5.75 Å². The van der Waals surface area contributed by atoms with E-state index in [-0.39, 0.29) is 11.5 Å². The van der Waals surface area contributed by atoms with Crippen molar-refractivity contribution in [2.75, 3.05) is 23.9 Å². The van der Waals surface area contributed by atoms with Crippen molar-refractivity contribution in [3.8, 4) is 11.8 Å². The summed E-state index contributed by atoms with van der Waals surface area (Å²) in [6, 6.07) is 6.21. The molecular formula is C12H14N2O4S. The molecule has 1 fully saturated rings. The van der Waals surface area contributed by atoms with Gasteiger partial charge in [-0.3, -0.25) is 0 Å². The standard InChI is InChI=1S/C12H14N2O4S/c1-18-12-4-8(5-13)2-3-9(12)14-10-6-19(16,17)7-11(10)15/h2-4,10-11,14-15H,6-7H2,1H3. The fourth-order valence-electron chi connectivity index (χ4n) is 2.05. The van der Waals surface area contributed by atoms with E-state index in [2.05, 4.69) is 5.32 Å². The average molecular weight is 282 g/mol. The van der Waals surface area contributed by atoms with Gasteiger partial charge in [0, 0.05) is 6.07 Å². The zero-order chi connectivity index (χ0) is 14.0. The molecule has 0 amide bonds. The van der Waals surface area contributed by atoms with Crippen molar-refractivity contribution in [3.05, 3.63) is 23.8 Å². The lowest BCUT2D eigenvalue weighted by molar-refractivity contribution is 0.190. The van der Waals surface area contributed by atoms with Crippen LogP contribution in [0.1, 0.15) is 5.56 Å². The number of nitriles is 1. The van der Waals surface area contributed by atoms with Gasteiger partial charge in [-0.15, -0.1) is 0 Å². The molecule has 6 nitrogen and oxygen atoms in total. The Morgan fingerprint density at radius 2 is 2.21 bits per heavy atom. The first-order valence-corrected chi connectivity index (χ1v) is 7.50. The summed E-state index contributed by atoms with van der Waals surface area (Å²) in [5.41, 5.74) is 1.00. The van der Waals surface area contributed by atoms with E-state index in [1.54, 1.807) is 18.2 Å². The average Bonchev–Trinajstić information content (AvgIpc) is 2.62. The molecular weight excluding hydrogens is 268 g/mol. The molecule has 0 bridgehead atoms. The smallest absolute Gasteiger partial charge is 0.155 e.